The van der Waals surface area contributed by atoms with Gasteiger partial charge in [0, 0.05) is 17.1 Å². The van der Waals surface area contributed by atoms with Crippen molar-refractivity contribution in [3.63, 3.8) is 0 Å². The molecule has 0 amide bonds. The van der Waals surface area contributed by atoms with E-state index in [0.29, 0.717) is 22.0 Å². The van der Waals surface area contributed by atoms with Gasteiger partial charge < -0.3 is 10.5 Å². The van der Waals surface area contributed by atoms with Crippen LogP contribution in [-0.2, 0) is 0 Å². The zero-order valence-electron chi connectivity index (χ0n) is 15.0. The molecule has 2 aromatic carbocycles. The number of benzene rings is 2. The minimum atomic E-state index is -9.75. The van der Waals surface area contributed by atoms with Crippen LogP contribution in [0.1, 0.15) is 0 Å². The number of hydrogen-bond acceptors (Lipinski definition) is 5. The van der Waals surface area contributed by atoms with Gasteiger partial charge in [0.1, 0.15) is 22.8 Å². The van der Waals surface area contributed by atoms with E-state index in [1.54, 1.807) is 30.3 Å². The van der Waals surface area contributed by atoms with E-state index in [9.17, 15) is 19.4 Å². The molecule has 0 spiro atoms. The van der Waals surface area contributed by atoms with E-state index in [0.717, 1.165) is 12.1 Å². The fraction of sp³-hybridized carbons (Fsp3) is 0. The highest BCUT2D eigenvalue weighted by Crippen LogP contribution is 3.02. The molecule has 0 atom stereocenters. The molecule has 0 fully saturated rings. The summed E-state index contributed by atoms with van der Waals surface area (Å²) in [6.45, 7) is 0. The lowest BCUT2D eigenvalue weighted by molar-refractivity contribution is 0.363. The van der Waals surface area contributed by atoms with Crippen molar-refractivity contribution in [3.05, 3.63) is 67.1 Å². The Labute approximate surface area is 167 Å². The van der Waals surface area contributed by atoms with Gasteiger partial charge in [-0.1, -0.05) is 25.5 Å². The van der Waals surface area contributed by atoms with Crippen LogP contribution in [0.2, 0.25) is 0 Å². The van der Waals surface area contributed by atoms with Gasteiger partial charge in [-0.05, 0) is 54.1 Å². The predicted octanol–water partition coefficient (Wildman–Crippen LogP) is 6.72. The highest BCUT2D eigenvalue weighted by atomic mass is 32.5. The standard InChI is InChI=1S/C19H13F5N4OS/c20-30(21,22,23,24)14-6-4-13(5-7-14)29-19-15(2-1-9-26-19)12-3-8-17-16(10-12)18(25)28-11-27-17/h1-11H,(H2,25,27,28). The number of nitrogen functional groups attached to an aromatic ring is 1. The molecular weight excluding hydrogens is 427 g/mol. The molecular formula is C19H13F5N4OS. The number of rotatable bonds is 4. The molecule has 0 bridgehead atoms. The summed E-state index contributed by atoms with van der Waals surface area (Å²) in [5.41, 5.74) is 7.68. The van der Waals surface area contributed by atoms with Crippen molar-refractivity contribution in [3.8, 4) is 22.8 Å². The van der Waals surface area contributed by atoms with Gasteiger partial charge in [-0.25, -0.2) is 15.0 Å². The molecule has 0 aliphatic heterocycles. The van der Waals surface area contributed by atoms with Crippen molar-refractivity contribution in [2.75, 3.05) is 5.73 Å². The van der Waals surface area contributed by atoms with Gasteiger partial charge in [0.05, 0.1) is 5.52 Å². The second kappa shape index (κ2) is 6.02. The smallest absolute Gasteiger partial charge is 0.310 e. The van der Waals surface area contributed by atoms with Gasteiger partial charge in [0.25, 0.3) is 0 Å². The van der Waals surface area contributed by atoms with Crippen LogP contribution in [0.25, 0.3) is 22.0 Å². The van der Waals surface area contributed by atoms with Gasteiger partial charge in [-0.3, -0.25) is 0 Å². The summed E-state index contributed by atoms with van der Waals surface area (Å²) in [5.74, 6) is 0.274. The molecule has 156 valence electrons. The maximum atomic E-state index is 12.9. The average molecular weight is 440 g/mol. The van der Waals surface area contributed by atoms with E-state index in [2.05, 4.69) is 15.0 Å². The molecule has 5 nitrogen and oxygen atoms in total. The molecule has 0 aliphatic carbocycles. The summed E-state index contributed by atoms with van der Waals surface area (Å²) in [5, 5.41) is 0.602. The Balaban J connectivity index is 1.71. The van der Waals surface area contributed by atoms with Crippen LogP contribution in [0.5, 0.6) is 11.6 Å². The number of pyridine rings is 1. The molecule has 0 radical (unpaired) electrons. The quantitative estimate of drug-likeness (QED) is 0.357. The zero-order chi connectivity index (χ0) is 21.6. The van der Waals surface area contributed by atoms with Crippen LogP contribution >= 0.6 is 10.2 Å². The van der Waals surface area contributed by atoms with Crippen LogP contribution in [0.4, 0.5) is 25.2 Å². The molecule has 4 rings (SSSR count). The van der Waals surface area contributed by atoms with Crippen molar-refractivity contribution in [1.29, 1.82) is 0 Å². The van der Waals surface area contributed by atoms with Crippen molar-refractivity contribution in [2.45, 2.75) is 4.90 Å². The van der Waals surface area contributed by atoms with Crippen molar-refractivity contribution >= 4 is 26.9 Å². The number of ether oxygens (including phenoxy) is 1. The number of halogens is 5. The molecule has 2 heterocycles. The van der Waals surface area contributed by atoms with Crippen LogP contribution in [0.15, 0.2) is 72.0 Å². The van der Waals surface area contributed by atoms with Gasteiger partial charge in [-0.15, -0.1) is 0 Å². The van der Waals surface area contributed by atoms with E-state index >= 15 is 0 Å². The first-order valence-corrected chi connectivity index (χ1v) is 10.3. The fourth-order valence-corrected chi connectivity index (χ4v) is 3.46. The minimum absolute atomic E-state index is 0.0763. The summed E-state index contributed by atoms with van der Waals surface area (Å²) in [6.07, 6.45) is 2.77. The van der Waals surface area contributed by atoms with Crippen LogP contribution < -0.4 is 10.5 Å². The second-order valence-electron chi connectivity index (χ2n) is 6.39. The third-order valence-corrected chi connectivity index (χ3v) is 5.40. The Bertz CT molecular complexity index is 1270. The topological polar surface area (TPSA) is 73.9 Å². The molecule has 0 saturated heterocycles. The monoisotopic (exact) mass is 440 g/mol. The molecule has 30 heavy (non-hydrogen) atoms. The lowest BCUT2D eigenvalue weighted by Gasteiger charge is -2.40. The fourth-order valence-electron chi connectivity index (χ4n) is 2.81. The average Bonchev–Trinajstić information content (AvgIpc) is 2.67. The Hall–Kier alpha value is -3.47. The molecule has 0 saturated carbocycles. The second-order valence-corrected chi connectivity index (χ2v) is 8.80. The van der Waals surface area contributed by atoms with E-state index < -0.39 is 15.1 Å². The third-order valence-electron chi connectivity index (χ3n) is 4.23. The number of fused-ring (bicyclic) bond motifs is 1. The highest BCUT2D eigenvalue weighted by Gasteiger charge is 2.65. The highest BCUT2D eigenvalue weighted by molar-refractivity contribution is 8.45. The maximum absolute atomic E-state index is 12.9. The summed E-state index contributed by atoms with van der Waals surface area (Å²) in [7, 11) is -9.75. The molecule has 0 unspecified atom stereocenters. The zero-order valence-corrected chi connectivity index (χ0v) is 15.8. The third kappa shape index (κ3) is 3.96. The maximum Gasteiger partial charge on any atom is 0.310 e. The normalized spacial score (nSPS) is 14.2. The number of nitrogens with two attached hydrogens (primary N) is 1. The predicted molar refractivity (Wildman–Crippen MR) is 105 cm³/mol. The van der Waals surface area contributed by atoms with Crippen LogP contribution in [0.3, 0.4) is 0 Å². The largest absolute Gasteiger partial charge is 0.438 e. The number of anilines is 1. The number of hydrogen-bond donors (Lipinski definition) is 1. The number of nitrogens with zero attached hydrogens (tertiary/aromatic N) is 3. The van der Waals surface area contributed by atoms with E-state index in [1.807, 2.05) is 0 Å². The Morgan fingerprint density at radius 1 is 0.833 bits per heavy atom. The Morgan fingerprint density at radius 3 is 2.27 bits per heavy atom. The van der Waals surface area contributed by atoms with Gasteiger partial charge >= 0.3 is 10.2 Å². The van der Waals surface area contributed by atoms with Gasteiger partial charge in [0.15, 0.2) is 0 Å². The Kier molecular flexibility index (Phi) is 3.98. The van der Waals surface area contributed by atoms with Crippen molar-refractivity contribution < 1.29 is 24.2 Å². The molecule has 11 heteroatoms. The molecule has 0 aliphatic rings. The van der Waals surface area contributed by atoms with E-state index in [4.69, 9.17) is 10.5 Å². The number of aromatic nitrogens is 3. The summed E-state index contributed by atoms with van der Waals surface area (Å²) in [4.78, 5) is 10.2. The minimum Gasteiger partial charge on any atom is -0.438 e. The summed E-state index contributed by atoms with van der Waals surface area (Å²) in [6, 6.07) is 10.7. The van der Waals surface area contributed by atoms with E-state index in [-0.39, 0.29) is 29.6 Å². The van der Waals surface area contributed by atoms with Crippen LogP contribution in [-0.4, -0.2) is 15.0 Å². The lowest BCUT2D eigenvalue weighted by atomic mass is 10.0. The van der Waals surface area contributed by atoms with E-state index in [1.165, 1.54) is 12.5 Å². The molecule has 2 aromatic heterocycles. The van der Waals surface area contributed by atoms with Gasteiger partial charge in [-0.2, -0.15) is 0 Å². The molecule has 4 aromatic rings. The van der Waals surface area contributed by atoms with Gasteiger partial charge in [0.2, 0.25) is 5.88 Å². The lowest BCUT2D eigenvalue weighted by Crippen LogP contribution is -2.05. The first-order valence-electron chi connectivity index (χ1n) is 8.38. The summed E-state index contributed by atoms with van der Waals surface area (Å²) >= 11 is 0. The first kappa shape index (κ1) is 19.8. The van der Waals surface area contributed by atoms with Crippen LogP contribution in [0, 0.1) is 0 Å². The first-order chi connectivity index (χ1) is 13.9. The SMILES string of the molecule is Nc1ncnc2ccc(-c3cccnc3Oc3ccc(S(F)(F)(F)(F)F)cc3)cc12. The molecule has 2 N–H and O–H groups in total. The van der Waals surface area contributed by atoms with Crippen molar-refractivity contribution in [2.24, 2.45) is 0 Å². The van der Waals surface area contributed by atoms with Crippen molar-refractivity contribution in [1.82, 2.24) is 15.0 Å². The Morgan fingerprint density at radius 2 is 1.57 bits per heavy atom. The summed E-state index contributed by atoms with van der Waals surface area (Å²) < 4.78 is 70.0.